The predicted molar refractivity (Wildman–Crippen MR) is 71.6 cm³/mol. The molecule has 102 valence electrons. The van der Waals surface area contributed by atoms with Crippen LogP contribution in [0.1, 0.15) is 31.2 Å². The third kappa shape index (κ3) is 3.12. The quantitative estimate of drug-likeness (QED) is 0.925. The molecule has 0 radical (unpaired) electrons. The molecule has 0 unspecified atom stereocenters. The molecule has 4 nitrogen and oxygen atoms in total. The normalized spacial score (nSPS) is 22.6. The monoisotopic (exact) mass is 281 g/mol. The Labute approximate surface area is 117 Å². The summed E-state index contributed by atoms with van der Waals surface area (Å²) in [6.45, 7) is 0. The molecule has 1 N–H and O–H groups in total. The Morgan fingerprint density at radius 1 is 1.37 bits per heavy atom. The number of hydrogen-bond acceptors (Lipinski definition) is 4. The highest BCUT2D eigenvalue weighted by molar-refractivity contribution is 6.32. The molecule has 19 heavy (non-hydrogen) atoms. The molecule has 1 aromatic carbocycles. The molecule has 0 bridgehead atoms. The Hall–Kier alpha value is -1.44. The molecule has 1 aliphatic rings. The first-order valence-electron chi connectivity index (χ1n) is 6.28. The van der Waals surface area contributed by atoms with Crippen molar-refractivity contribution < 1.29 is 14.6 Å². The van der Waals surface area contributed by atoms with Gasteiger partial charge in [0.15, 0.2) is 11.5 Å². The van der Waals surface area contributed by atoms with Gasteiger partial charge in [-0.25, -0.2) is 0 Å². The number of methoxy groups -OCH3 is 1. The molecular weight excluding hydrogens is 266 g/mol. The third-order valence-electron chi connectivity index (χ3n) is 3.30. The summed E-state index contributed by atoms with van der Waals surface area (Å²) in [6, 6.07) is 5.13. The van der Waals surface area contributed by atoms with Crippen LogP contribution in [-0.2, 0) is 0 Å². The minimum absolute atomic E-state index is 0.270. The second kappa shape index (κ2) is 6.14. The maximum atomic E-state index is 9.92. The fourth-order valence-electron chi connectivity index (χ4n) is 2.26. The van der Waals surface area contributed by atoms with Crippen LogP contribution in [0.15, 0.2) is 12.1 Å². The largest absolute Gasteiger partial charge is 0.493 e. The minimum atomic E-state index is -0.481. The van der Waals surface area contributed by atoms with Gasteiger partial charge in [-0.05, 0) is 25.3 Å². The molecule has 1 fully saturated rings. The molecule has 1 aromatic rings. The van der Waals surface area contributed by atoms with E-state index in [9.17, 15) is 5.11 Å². The summed E-state index contributed by atoms with van der Waals surface area (Å²) >= 11 is 6.12. The number of halogens is 1. The zero-order valence-corrected chi connectivity index (χ0v) is 11.5. The molecule has 2 atom stereocenters. The molecule has 2 rings (SSSR count). The van der Waals surface area contributed by atoms with Crippen LogP contribution in [0.3, 0.4) is 0 Å². The van der Waals surface area contributed by atoms with Crippen LogP contribution >= 0.6 is 11.6 Å². The number of ether oxygens (including phenoxy) is 2. The molecule has 0 aromatic heterocycles. The standard InChI is InChI=1S/C14H16ClNO3/c1-18-13-7-9(8-16)6-10(15)14(13)19-12-5-3-2-4-11(12)17/h6-7,11-12,17H,2-5H2,1H3/t11-,12-/m1/s1. The zero-order valence-electron chi connectivity index (χ0n) is 10.7. The van der Waals surface area contributed by atoms with E-state index in [4.69, 9.17) is 26.3 Å². The Morgan fingerprint density at radius 2 is 2.11 bits per heavy atom. The van der Waals surface area contributed by atoms with Crippen molar-refractivity contribution in [3.05, 3.63) is 22.7 Å². The summed E-state index contributed by atoms with van der Waals surface area (Å²) in [6.07, 6.45) is 2.82. The van der Waals surface area contributed by atoms with Crippen molar-refractivity contribution in [3.63, 3.8) is 0 Å². The highest BCUT2D eigenvalue weighted by Gasteiger charge is 2.26. The van der Waals surface area contributed by atoms with Gasteiger partial charge >= 0.3 is 0 Å². The van der Waals surface area contributed by atoms with Gasteiger partial charge in [0.05, 0.1) is 29.9 Å². The van der Waals surface area contributed by atoms with Crippen molar-refractivity contribution in [1.82, 2.24) is 0 Å². The summed E-state index contributed by atoms with van der Waals surface area (Å²) < 4.78 is 11.0. The van der Waals surface area contributed by atoms with E-state index in [1.54, 1.807) is 6.07 Å². The highest BCUT2D eigenvalue weighted by Crippen LogP contribution is 2.38. The van der Waals surface area contributed by atoms with Crippen molar-refractivity contribution >= 4 is 11.6 Å². The second-order valence-corrected chi connectivity index (χ2v) is 5.02. The number of benzene rings is 1. The van der Waals surface area contributed by atoms with Crippen molar-refractivity contribution in [2.45, 2.75) is 37.9 Å². The number of rotatable bonds is 3. The van der Waals surface area contributed by atoms with Crippen LogP contribution in [0.25, 0.3) is 0 Å². The maximum absolute atomic E-state index is 9.92. The van der Waals surface area contributed by atoms with Crippen LogP contribution < -0.4 is 9.47 Å². The van der Waals surface area contributed by atoms with Gasteiger partial charge < -0.3 is 14.6 Å². The van der Waals surface area contributed by atoms with Crippen LogP contribution in [0.5, 0.6) is 11.5 Å². The van der Waals surface area contributed by atoms with Gasteiger partial charge in [0.2, 0.25) is 0 Å². The van der Waals surface area contributed by atoms with Gasteiger partial charge in [-0.1, -0.05) is 18.0 Å². The van der Waals surface area contributed by atoms with Crippen LogP contribution in [0, 0.1) is 11.3 Å². The first-order valence-corrected chi connectivity index (χ1v) is 6.66. The predicted octanol–water partition coefficient (Wildman–Crippen LogP) is 2.90. The Balaban J connectivity index is 2.26. The van der Waals surface area contributed by atoms with Gasteiger partial charge in [-0.3, -0.25) is 0 Å². The summed E-state index contributed by atoms with van der Waals surface area (Å²) in [4.78, 5) is 0. The van der Waals surface area contributed by atoms with Crippen molar-refractivity contribution in [2.24, 2.45) is 0 Å². The van der Waals surface area contributed by atoms with E-state index in [1.807, 2.05) is 6.07 Å². The van der Waals surface area contributed by atoms with Crippen LogP contribution in [-0.4, -0.2) is 24.4 Å². The van der Waals surface area contributed by atoms with Crippen LogP contribution in [0.2, 0.25) is 5.02 Å². The summed E-state index contributed by atoms with van der Waals surface area (Å²) in [5.74, 6) is 0.816. The molecule has 0 heterocycles. The van der Waals surface area contributed by atoms with Gasteiger partial charge in [-0.2, -0.15) is 5.26 Å². The van der Waals surface area contributed by atoms with Gasteiger partial charge in [0.1, 0.15) is 6.10 Å². The molecule has 0 spiro atoms. The Morgan fingerprint density at radius 3 is 2.74 bits per heavy atom. The fraction of sp³-hybridized carbons (Fsp3) is 0.500. The molecule has 1 saturated carbocycles. The molecule has 5 heteroatoms. The van der Waals surface area contributed by atoms with Gasteiger partial charge in [0.25, 0.3) is 0 Å². The topological polar surface area (TPSA) is 62.5 Å². The van der Waals surface area contributed by atoms with Crippen molar-refractivity contribution in [3.8, 4) is 17.6 Å². The van der Waals surface area contributed by atoms with E-state index >= 15 is 0 Å². The van der Waals surface area contributed by atoms with E-state index in [-0.39, 0.29) is 6.10 Å². The first-order chi connectivity index (χ1) is 9.15. The number of aliphatic hydroxyl groups excluding tert-OH is 1. The zero-order chi connectivity index (χ0) is 13.8. The lowest BCUT2D eigenvalue weighted by Crippen LogP contribution is -2.34. The van der Waals surface area contributed by atoms with E-state index in [0.717, 1.165) is 25.7 Å². The second-order valence-electron chi connectivity index (χ2n) is 4.61. The van der Waals surface area contributed by atoms with Crippen molar-refractivity contribution in [1.29, 1.82) is 5.26 Å². The molecule has 1 aliphatic carbocycles. The highest BCUT2D eigenvalue weighted by atomic mass is 35.5. The van der Waals surface area contributed by atoms with E-state index < -0.39 is 6.10 Å². The number of hydrogen-bond donors (Lipinski definition) is 1. The van der Waals surface area contributed by atoms with E-state index in [0.29, 0.717) is 22.1 Å². The number of aliphatic hydroxyl groups is 1. The lowest BCUT2D eigenvalue weighted by molar-refractivity contribution is 0.00573. The number of nitriles is 1. The Kier molecular flexibility index (Phi) is 4.52. The average Bonchev–Trinajstić information content (AvgIpc) is 2.42. The SMILES string of the molecule is COc1cc(C#N)cc(Cl)c1O[C@@H]1CCCC[C@H]1O. The lowest BCUT2D eigenvalue weighted by atomic mass is 9.95. The molecule has 0 saturated heterocycles. The molecular formula is C14H16ClNO3. The summed E-state index contributed by atoms with van der Waals surface area (Å²) in [5.41, 5.74) is 0.415. The first kappa shape index (κ1) is 14.0. The lowest BCUT2D eigenvalue weighted by Gasteiger charge is -2.29. The molecule has 0 amide bonds. The smallest absolute Gasteiger partial charge is 0.180 e. The summed E-state index contributed by atoms with van der Waals surface area (Å²) in [5, 5.41) is 19.1. The third-order valence-corrected chi connectivity index (χ3v) is 3.58. The van der Waals surface area contributed by atoms with Gasteiger partial charge in [-0.15, -0.1) is 0 Å². The average molecular weight is 282 g/mol. The van der Waals surface area contributed by atoms with E-state index in [1.165, 1.54) is 13.2 Å². The van der Waals surface area contributed by atoms with Crippen LogP contribution in [0.4, 0.5) is 0 Å². The number of nitrogens with zero attached hydrogens (tertiary/aromatic N) is 1. The minimum Gasteiger partial charge on any atom is -0.493 e. The Bertz CT molecular complexity index is 498. The van der Waals surface area contributed by atoms with Crippen molar-refractivity contribution in [2.75, 3.05) is 7.11 Å². The fourth-order valence-corrected chi connectivity index (χ4v) is 2.52. The van der Waals surface area contributed by atoms with E-state index in [2.05, 4.69) is 0 Å². The summed E-state index contributed by atoms with van der Waals surface area (Å²) in [7, 11) is 1.50. The molecule has 0 aliphatic heterocycles. The maximum Gasteiger partial charge on any atom is 0.180 e. The van der Waals surface area contributed by atoms with Gasteiger partial charge in [0, 0.05) is 6.07 Å².